The maximum Gasteiger partial charge on any atom is 0.144 e. The summed E-state index contributed by atoms with van der Waals surface area (Å²) in [7, 11) is 1.65. The van der Waals surface area contributed by atoms with E-state index in [1.807, 2.05) is 48.8 Å². The Labute approximate surface area is 142 Å². The highest BCUT2D eigenvalue weighted by Crippen LogP contribution is 2.26. The first-order valence-corrected chi connectivity index (χ1v) is 7.83. The molecule has 7 nitrogen and oxygen atoms in total. The summed E-state index contributed by atoms with van der Waals surface area (Å²) in [6.07, 6.45) is 5.58. The second-order valence-electron chi connectivity index (χ2n) is 5.74. The third-order valence-corrected chi connectivity index (χ3v) is 4.22. The lowest BCUT2D eigenvalue weighted by Gasteiger charge is -2.07. The van der Waals surface area contributed by atoms with Crippen LogP contribution in [0.25, 0.3) is 39.0 Å². The van der Waals surface area contributed by atoms with Gasteiger partial charge in [0.05, 0.1) is 35.4 Å². The van der Waals surface area contributed by atoms with Gasteiger partial charge < -0.3 is 9.72 Å². The van der Waals surface area contributed by atoms with Crippen molar-refractivity contribution in [2.75, 3.05) is 7.11 Å². The van der Waals surface area contributed by atoms with E-state index in [0.717, 1.165) is 44.8 Å². The summed E-state index contributed by atoms with van der Waals surface area (Å²) in [4.78, 5) is 8.02. The maximum atomic E-state index is 5.40. The lowest BCUT2D eigenvalue weighted by atomic mass is 10.2. The zero-order valence-corrected chi connectivity index (χ0v) is 13.4. The van der Waals surface area contributed by atoms with Crippen molar-refractivity contribution in [3.8, 4) is 22.8 Å². The standard InChI is InChI=1S/C18H14N6O/c1-25-17-5-3-2-4-16(17)24-10-12(9-20-24)18-21-14-6-11-8-19-23-13(11)7-15(14)22-18/h2-10H,1H3,(H,19,23)(H,21,22). The molecule has 0 aliphatic heterocycles. The van der Waals surface area contributed by atoms with Crippen molar-refractivity contribution in [2.24, 2.45) is 0 Å². The number of rotatable bonds is 3. The third-order valence-electron chi connectivity index (χ3n) is 4.22. The molecule has 0 saturated carbocycles. The molecular formula is C18H14N6O. The molecule has 0 spiro atoms. The van der Waals surface area contributed by atoms with Gasteiger partial charge >= 0.3 is 0 Å². The highest BCUT2D eigenvalue weighted by molar-refractivity contribution is 5.93. The van der Waals surface area contributed by atoms with Gasteiger partial charge in [-0.1, -0.05) is 12.1 Å². The fraction of sp³-hybridized carbons (Fsp3) is 0.0556. The molecule has 0 bridgehead atoms. The average Bonchev–Trinajstić information content (AvgIpc) is 3.37. The minimum atomic E-state index is 0.767. The number of methoxy groups -OCH3 is 1. The molecule has 0 unspecified atom stereocenters. The number of nitrogens with zero attached hydrogens (tertiary/aromatic N) is 4. The van der Waals surface area contributed by atoms with Gasteiger partial charge in [-0.05, 0) is 24.3 Å². The summed E-state index contributed by atoms with van der Waals surface area (Å²) < 4.78 is 7.19. The summed E-state index contributed by atoms with van der Waals surface area (Å²) in [5, 5.41) is 12.6. The minimum absolute atomic E-state index is 0.767. The van der Waals surface area contributed by atoms with E-state index in [9.17, 15) is 0 Å². The molecule has 0 aliphatic rings. The number of ether oxygens (including phenoxy) is 1. The number of hydrogen-bond acceptors (Lipinski definition) is 4. The topological polar surface area (TPSA) is 84.4 Å². The number of aromatic nitrogens is 6. The van der Waals surface area contributed by atoms with E-state index >= 15 is 0 Å². The molecule has 3 aromatic heterocycles. The number of nitrogens with one attached hydrogen (secondary N) is 2. The summed E-state index contributed by atoms with van der Waals surface area (Å²) in [6, 6.07) is 11.8. The average molecular weight is 330 g/mol. The predicted molar refractivity (Wildman–Crippen MR) is 94.9 cm³/mol. The molecule has 0 fully saturated rings. The Balaban J connectivity index is 1.59. The van der Waals surface area contributed by atoms with Gasteiger partial charge in [0.2, 0.25) is 0 Å². The second kappa shape index (κ2) is 5.20. The Morgan fingerprint density at radius 1 is 1.12 bits per heavy atom. The van der Waals surface area contributed by atoms with E-state index in [2.05, 4.69) is 25.3 Å². The van der Waals surface area contributed by atoms with Crippen LogP contribution in [0.15, 0.2) is 55.0 Å². The number of H-pyrrole nitrogens is 2. The number of benzene rings is 2. The van der Waals surface area contributed by atoms with Crippen LogP contribution in [-0.4, -0.2) is 37.1 Å². The SMILES string of the molecule is COc1ccccc1-n1cc(-c2nc3cc4c[nH]nc4cc3[nH]2)cn1. The molecular weight excluding hydrogens is 316 g/mol. The van der Waals surface area contributed by atoms with Gasteiger partial charge in [0.25, 0.3) is 0 Å². The van der Waals surface area contributed by atoms with Gasteiger partial charge in [0, 0.05) is 17.8 Å². The van der Waals surface area contributed by atoms with Crippen molar-refractivity contribution in [1.29, 1.82) is 0 Å². The van der Waals surface area contributed by atoms with Gasteiger partial charge in [-0.2, -0.15) is 10.2 Å². The van der Waals surface area contributed by atoms with Crippen molar-refractivity contribution >= 4 is 21.9 Å². The fourth-order valence-electron chi connectivity index (χ4n) is 2.98. The minimum Gasteiger partial charge on any atom is -0.494 e. The second-order valence-corrected chi connectivity index (χ2v) is 5.74. The summed E-state index contributed by atoms with van der Waals surface area (Å²) in [5.74, 6) is 1.54. The number of hydrogen-bond donors (Lipinski definition) is 2. The third kappa shape index (κ3) is 2.17. The first-order chi connectivity index (χ1) is 12.3. The van der Waals surface area contributed by atoms with E-state index in [1.54, 1.807) is 18.0 Å². The smallest absolute Gasteiger partial charge is 0.144 e. The molecule has 2 N–H and O–H groups in total. The normalized spacial score (nSPS) is 11.4. The van der Waals surface area contributed by atoms with Crippen LogP contribution in [0, 0.1) is 0 Å². The van der Waals surface area contributed by atoms with Crippen LogP contribution in [0.2, 0.25) is 0 Å². The molecule has 0 amide bonds. The molecule has 0 aliphatic carbocycles. The first-order valence-electron chi connectivity index (χ1n) is 7.83. The largest absolute Gasteiger partial charge is 0.494 e. The Bertz CT molecular complexity index is 1150. The Kier molecular flexibility index (Phi) is 2.87. The van der Waals surface area contributed by atoms with Crippen LogP contribution in [0.3, 0.4) is 0 Å². The molecule has 5 aromatic rings. The molecule has 25 heavy (non-hydrogen) atoms. The Morgan fingerprint density at radius 3 is 2.96 bits per heavy atom. The highest BCUT2D eigenvalue weighted by atomic mass is 16.5. The van der Waals surface area contributed by atoms with Crippen molar-refractivity contribution in [1.82, 2.24) is 29.9 Å². The van der Waals surface area contributed by atoms with Crippen LogP contribution >= 0.6 is 0 Å². The molecule has 2 aromatic carbocycles. The fourth-order valence-corrected chi connectivity index (χ4v) is 2.98. The zero-order valence-electron chi connectivity index (χ0n) is 13.4. The van der Waals surface area contributed by atoms with Crippen LogP contribution in [0.4, 0.5) is 0 Å². The van der Waals surface area contributed by atoms with Gasteiger partial charge in [0.1, 0.15) is 17.3 Å². The van der Waals surface area contributed by atoms with E-state index in [4.69, 9.17) is 4.74 Å². The monoisotopic (exact) mass is 330 g/mol. The Hall–Kier alpha value is -3.61. The number of imidazole rings is 1. The molecule has 0 saturated heterocycles. The zero-order chi connectivity index (χ0) is 16.8. The van der Waals surface area contributed by atoms with Crippen LogP contribution in [-0.2, 0) is 0 Å². The van der Waals surface area contributed by atoms with Crippen LogP contribution in [0.1, 0.15) is 0 Å². The highest BCUT2D eigenvalue weighted by Gasteiger charge is 2.11. The number of aromatic amines is 2. The van der Waals surface area contributed by atoms with Gasteiger partial charge in [-0.15, -0.1) is 0 Å². The predicted octanol–water partition coefficient (Wildman–Crippen LogP) is 3.30. The first kappa shape index (κ1) is 13.8. The molecule has 0 atom stereocenters. The van der Waals surface area contributed by atoms with Gasteiger partial charge in [0.15, 0.2) is 0 Å². The van der Waals surface area contributed by atoms with E-state index < -0.39 is 0 Å². The van der Waals surface area contributed by atoms with E-state index in [1.165, 1.54) is 0 Å². The molecule has 5 rings (SSSR count). The number of fused-ring (bicyclic) bond motifs is 2. The molecule has 0 radical (unpaired) electrons. The van der Waals surface area contributed by atoms with Crippen molar-refractivity contribution < 1.29 is 4.74 Å². The van der Waals surface area contributed by atoms with Gasteiger partial charge in [-0.3, -0.25) is 5.10 Å². The van der Waals surface area contributed by atoms with Crippen molar-refractivity contribution in [3.05, 3.63) is 55.0 Å². The van der Waals surface area contributed by atoms with Crippen LogP contribution in [0.5, 0.6) is 5.75 Å². The molecule has 122 valence electrons. The lowest BCUT2D eigenvalue weighted by Crippen LogP contribution is -1.97. The van der Waals surface area contributed by atoms with E-state index in [0.29, 0.717) is 0 Å². The summed E-state index contributed by atoms with van der Waals surface area (Å²) in [6.45, 7) is 0. The lowest BCUT2D eigenvalue weighted by molar-refractivity contribution is 0.411. The van der Waals surface area contributed by atoms with Crippen molar-refractivity contribution in [3.63, 3.8) is 0 Å². The summed E-state index contributed by atoms with van der Waals surface area (Å²) >= 11 is 0. The van der Waals surface area contributed by atoms with Gasteiger partial charge in [-0.25, -0.2) is 9.67 Å². The molecule has 7 heteroatoms. The quantitative estimate of drug-likeness (QED) is 0.531. The summed E-state index contributed by atoms with van der Waals surface area (Å²) in [5.41, 5.74) is 4.54. The maximum absolute atomic E-state index is 5.40. The number of para-hydroxylation sites is 2. The van der Waals surface area contributed by atoms with Crippen molar-refractivity contribution in [2.45, 2.75) is 0 Å². The van der Waals surface area contributed by atoms with E-state index in [-0.39, 0.29) is 0 Å². The Morgan fingerprint density at radius 2 is 2.04 bits per heavy atom. The molecule has 3 heterocycles. The van der Waals surface area contributed by atoms with Crippen LogP contribution < -0.4 is 4.74 Å².